The first-order valence-electron chi connectivity index (χ1n) is 12.7. The van der Waals surface area contributed by atoms with Crippen LogP contribution in [0.5, 0.6) is 0 Å². The lowest BCUT2D eigenvalue weighted by Gasteiger charge is -2.07. The van der Waals surface area contributed by atoms with Gasteiger partial charge in [0.25, 0.3) is 5.91 Å². The van der Waals surface area contributed by atoms with Gasteiger partial charge in [0.05, 0.1) is 0 Å². The SMILES string of the molecule is CC#CC#CC#CC#CC#CC#CC#CC#CC(C#CC#CC#CC#CC#CC#CC#CC#CC)C(=O)Nc1ccc(C(=N)N)cc1. The van der Waals surface area contributed by atoms with E-state index in [1.54, 1.807) is 38.1 Å². The van der Waals surface area contributed by atoms with E-state index in [0.717, 1.165) is 0 Å². The van der Waals surface area contributed by atoms with Crippen LogP contribution in [0.25, 0.3) is 0 Å². The van der Waals surface area contributed by atoms with Gasteiger partial charge in [-0.25, -0.2) is 0 Å². The van der Waals surface area contributed by atoms with Crippen molar-refractivity contribution in [2.24, 2.45) is 11.7 Å². The van der Waals surface area contributed by atoms with Gasteiger partial charge in [-0.05, 0) is 204 Å². The van der Waals surface area contributed by atoms with Crippen LogP contribution in [0.4, 0.5) is 5.69 Å². The summed E-state index contributed by atoms with van der Waals surface area (Å²) in [7, 11) is 0. The summed E-state index contributed by atoms with van der Waals surface area (Å²) in [6, 6.07) is 6.39. The van der Waals surface area contributed by atoms with Gasteiger partial charge in [0.2, 0.25) is 0 Å². The Labute approximate surface area is 277 Å². The molecule has 4 N–H and O–H groups in total. The first-order chi connectivity index (χ1) is 23.1. The van der Waals surface area contributed by atoms with Crippen molar-refractivity contribution < 1.29 is 4.79 Å². The zero-order valence-electron chi connectivity index (χ0n) is 24.9. The van der Waals surface area contributed by atoms with Crippen LogP contribution in [-0.2, 0) is 4.79 Å². The third-order valence-corrected chi connectivity index (χ3v) is 4.03. The van der Waals surface area contributed by atoms with Gasteiger partial charge in [0, 0.05) is 11.3 Å². The lowest BCUT2D eigenvalue weighted by atomic mass is 10.1. The molecule has 1 aromatic rings. The maximum Gasteiger partial charge on any atom is 0.251 e. The highest BCUT2D eigenvalue weighted by Crippen LogP contribution is 2.10. The number of nitrogens with one attached hydrogen (secondary N) is 2. The molecule has 0 bridgehead atoms. The number of amides is 1. The summed E-state index contributed by atoms with van der Waals surface area (Å²) in [6.07, 6.45) is 0. The van der Waals surface area contributed by atoms with Crippen molar-refractivity contribution in [3.63, 3.8) is 0 Å². The van der Waals surface area contributed by atoms with Crippen molar-refractivity contribution in [2.45, 2.75) is 13.8 Å². The first-order valence-corrected chi connectivity index (χ1v) is 12.7. The van der Waals surface area contributed by atoms with Crippen LogP contribution in [0, 0.1) is 201 Å². The van der Waals surface area contributed by atoms with E-state index >= 15 is 0 Å². The number of nitrogens with two attached hydrogens (primary N) is 1. The second kappa shape index (κ2) is 26.0. The second-order valence-electron chi connectivity index (χ2n) is 7.20. The van der Waals surface area contributed by atoms with Gasteiger partial charge in [-0.15, -0.1) is 0 Å². The number of anilines is 1. The van der Waals surface area contributed by atoms with Crippen molar-refractivity contribution in [3.8, 4) is 189 Å². The molecule has 0 aliphatic heterocycles. The van der Waals surface area contributed by atoms with Crippen molar-refractivity contribution in [1.29, 1.82) is 5.41 Å². The van der Waals surface area contributed by atoms with E-state index in [-0.39, 0.29) is 5.84 Å². The molecule has 208 valence electrons. The van der Waals surface area contributed by atoms with Crippen molar-refractivity contribution in [1.82, 2.24) is 0 Å². The van der Waals surface area contributed by atoms with Crippen LogP contribution in [0.15, 0.2) is 24.3 Å². The molecule has 1 amide bonds. The minimum absolute atomic E-state index is 0.0959. The predicted molar refractivity (Wildman–Crippen MR) is 185 cm³/mol. The molecule has 0 unspecified atom stereocenters. The molecule has 47 heavy (non-hydrogen) atoms. The smallest absolute Gasteiger partial charge is 0.251 e. The number of nitrogen functional groups attached to an aromatic ring is 1. The Bertz CT molecular complexity index is 2340. The Hall–Kier alpha value is -8.88. The molecule has 0 fully saturated rings. The maximum atomic E-state index is 12.8. The van der Waals surface area contributed by atoms with E-state index in [1.165, 1.54) is 0 Å². The van der Waals surface area contributed by atoms with Gasteiger partial charge in [0.15, 0.2) is 5.92 Å². The van der Waals surface area contributed by atoms with Gasteiger partial charge in [-0.3, -0.25) is 10.2 Å². The van der Waals surface area contributed by atoms with E-state index < -0.39 is 11.8 Å². The van der Waals surface area contributed by atoms with Crippen molar-refractivity contribution in [2.75, 3.05) is 5.32 Å². The molecule has 0 heterocycles. The molecule has 0 saturated heterocycles. The first kappa shape index (κ1) is 36.1. The average Bonchev–Trinajstić information content (AvgIpc) is 3.07. The summed E-state index contributed by atoms with van der Waals surface area (Å²) < 4.78 is 0. The number of amidine groups is 1. The van der Waals surface area contributed by atoms with Crippen LogP contribution < -0.4 is 11.1 Å². The van der Waals surface area contributed by atoms with E-state index in [9.17, 15) is 4.79 Å². The highest BCUT2D eigenvalue weighted by molar-refractivity contribution is 5.98. The fourth-order valence-electron chi connectivity index (χ4n) is 2.21. The van der Waals surface area contributed by atoms with Gasteiger partial charge in [0.1, 0.15) is 5.84 Å². The summed E-state index contributed by atoms with van der Waals surface area (Å²) in [4.78, 5) is 12.8. The highest BCUT2D eigenvalue weighted by Gasteiger charge is 2.13. The van der Waals surface area contributed by atoms with Crippen LogP contribution in [-0.4, -0.2) is 11.7 Å². The Balaban J connectivity index is 3.02. The van der Waals surface area contributed by atoms with Crippen LogP contribution in [0.1, 0.15) is 19.4 Å². The largest absolute Gasteiger partial charge is 0.384 e. The summed E-state index contributed by atoms with van der Waals surface area (Å²) in [5, 5.41) is 10.2. The number of hydrogen-bond acceptors (Lipinski definition) is 2. The second-order valence-corrected chi connectivity index (χ2v) is 7.20. The van der Waals surface area contributed by atoms with Gasteiger partial charge < -0.3 is 11.1 Å². The number of carbonyl (C=O) groups is 1. The summed E-state index contributed by atoms with van der Waals surface area (Å²) in [6.45, 7) is 3.35. The highest BCUT2D eigenvalue weighted by atomic mass is 16.1. The molecule has 4 heteroatoms. The van der Waals surface area contributed by atoms with Gasteiger partial charge in [-0.2, -0.15) is 0 Å². The summed E-state index contributed by atoms with van der Waals surface area (Å²) in [5.74, 6) is 79.3. The minimum Gasteiger partial charge on any atom is -0.384 e. The third kappa shape index (κ3) is 20.6. The summed E-state index contributed by atoms with van der Waals surface area (Å²) in [5.41, 5.74) is 6.44. The molecule has 0 aromatic heterocycles. The van der Waals surface area contributed by atoms with Crippen LogP contribution in [0.3, 0.4) is 0 Å². The normalized spacial score (nSPS) is 5.94. The molecule has 1 aromatic carbocycles. The fourth-order valence-corrected chi connectivity index (χ4v) is 2.21. The fraction of sp³-hybridized carbons (Fsp3) is 0.0698. The van der Waals surface area contributed by atoms with Crippen molar-refractivity contribution in [3.05, 3.63) is 29.8 Å². The Morgan fingerprint density at radius 3 is 1.06 bits per heavy atom. The number of carbonyl (C=O) groups excluding carboxylic acids is 1. The average molecular weight is 590 g/mol. The quantitative estimate of drug-likeness (QED) is 0.285. The molecule has 0 aliphatic carbocycles. The molecule has 0 atom stereocenters. The number of benzene rings is 1. The molecular formula is C43H15N3O. The molecule has 0 spiro atoms. The Morgan fingerprint density at radius 1 is 0.511 bits per heavy atom. The standard InChI is InChI=1S/C43H15N3O/c1-3-5-7-9-11-13-15-17-19-21-23-25-27-29-31-33-40(43(47)46-41-37-35-39(36-38-41)42(44)45)34-32-30-28-26-24-22-20-18-16-14-12-10-8-6-4-2/h35-38,40H,1-2H3,(H3,44,45)(H,46,47). The van der Waals surface area contributed by atoms with Crippen molar-refractivity contribution >= 4 is 17.4 Å². The van der Waals surface area contributed by atoms with Crippen LogP contribution >= 0.6 is 0 Å². The molecule has 0 aliphatic rings. The monoisotopic (exact) mass is 589 g/mol. The van der Waals surface area contributed by atoms with E-state index in [2.05, 4.69) is 195 Å². The maximum absolute atomic E-state index is 12.8. The molecule has 1 rings (SSSR count). The molecular weight excluding hydrogens is 574 g/mol. The zero-order valence-corrected chi connectivity index (χ0v) is 24.9. The molecule has 4 nitrogen and oxygen atoms in total. The minimum atomic E-state index is -1.09. The van der Waals surface area contributed by atoms with E-state index in [0.29, 0.717) is 11.3 Å². The topological polar surface area (TPSA) is 79.0 Å². The van der Waals surface area contributed by atoms with Gasteiger partial charge >= 0.3 is 0 Å². The Kier molecular flexibility index (Phi) is 20.0. The van der Waals surface area contributed by atoms with Gasteiger partial charge in [-0.1, -0.05) is 23.7 Å². The Morgan fingerprint density at radius 2 is 0.787 bits per heavy atom. The van der Waals surface area contributed by atoms with E-state index in [4.69, 9.17) is 11.1 Å². The zero-order chi connectivity index (χ0) is 34.0. The third-order valence-electron chi connectivity index (χ3n) is 4.03. The number of rotatable bonds is 3. The lowest BCUT2D eigenvalue weighted by Crippen LogP contribution is -2.20. The molecule has 0 saturated carbocycles. The van der Waals surface area contributed by atoms with E-state index in [1.807, 2.05) is 0 Å². The van der Waals surface area contributed by atoms with Crippen LogP contribution in [0.2, 0.25) is 0 Å². The molecule has 0 radical (unpaired) electrons. The lowest BCUT2D eigenvalue weighted by molar-refractivity contribution is -0.117. The predicted octanol–water partition coefficient (Wildman–Crippen LogP) is 1.62. The number of hydrogen-bond donors (Lipinski definition) is 3. The summed E-state index contributed by atoms with van der Waals surface area (Å²) >= 11 is 0.